The number of rotatable bonds is 5. The zero-order valence-electron chi connectivity index (χ0n) is 14.0. The van der Waals surface area contributed by atoms with E-state index in [4.69, 9.17) is 21.1 Å². The predicted molar refractivity (Wildman–Crippen MR) is 102 cm³/mol. The first kappa shape index (κ1) is 17.7. The maximum absolute atomic E-state index is 12.4. The topological polar surface area (TPSA) is 89.1 Å². The lowest BCUT2D eigenvalue weighted by Gasteiger charge is -2.25. The molecule has 1 amide bonds. The Bertz CT molecular complexity index is 948. The van der Waals surface area contributed by atoms with Crippen LogP contribution in [0.15, 0.2) is 53.7 Å². The Morgan fingerprint density at radius 2 is 2.00 bits per heavy atom. The van der Waals surface area contributed by atoms with E-state index in [0.717, 1.165) is 5.56 Å². The predicted octanol–water partition coefficient (Wildman–Crippen LogP) is 3.53. The Hall–Kier alpha value is -2.71. The Balaban J connectivity index is 1.32. The van der Waals surface area contributed by atoms with Crippen molar-refractivity contribution in [3.8, 4) is 11.5 Å². The van der Waals surface area contributed by atoms with Crippen molar-refractivity contribution in [3.63, 3.8) is 0 Å². The molecule has 2 aromatic carbocycles. The van der Waals surface area contributed by atoms with Gasteiger partial charge in [0.1, 0.15) is 6.61 Å². The van der Waals surface area contributed by atoms with Crippen LogP contribution in [0.3, 0.4) is 0 Å². The van der Waals surface area contributed by atoms with Crippen molar-refractivity contribution < 1.29 is 14.3 Å². The number of hydrogen-bond acceptors (Lipinski definition) is 6. The molecule has 4 rings (SSSR count). The smallest absolute Gasteiger partial charge is 0.271 e. The number of anilines is 1. The number of nitrogens with zero attached hydrogens (tertiary/aromatic N) is 2. The highest BCUT2D eigenvalue weighted by Gasteiger charge is 2.28. The summed E-state index contributed by atoms with van der Waals surface area (Å²) in [6.45, 7) is 0.134. The molecule has 2 heterocycles. The standard InChI is InChI=1S/C18H15ClN4O3S/c19-12-7-5-11(6-8-12)10-27-18-21-17(22-23-18)20-16(24)15-9-25-13-3-1-2-4-14(13)26-15/h1-8,15H,9-10H2,(H2,20,21,22,23,24)/t15-/m0/s1. The van der Waals surface area contributed by atoms with E-state index >= 15 is 0 Å². The van der Waals surface area contributed by atoms with Crippen LogP contribution in [0.2, 0.25) is 5.02 Å². The molecule has 0 bridgehead atoms. The van der Waals surface area contributed by atoms with Crippen molar-refractivity contribution in [2.24, 2.45) is 0 Å². The molecule has 1 aliphatic rings. The fraction of sp³-hybridized carbons (Fsp3) is 0.167. The Morgan fingerprint density at radius 3 is 2.81 bits per heavy atom. The third kappa shape index (κ3) is 4.35. The number of fused-ring (bicyclic) bond motifs is 1. The van der Waals surface area contributed by atoms with E-state index in [1.54, 1.807) is 12.1 Å². The van der Waals surface area contributed by atoms with Gasteiger partial charge in [0, 0.05) is 10.8 Å². The van der Waals surface area contributed by atoms with Crippen molar-refractivity contribution in [2.45, 2.75) is 17.0 Å². The van der Waals surface area contributed by atoms with Gasteiger partial charge in [-0.2, -0.15) is 4.98 Å². The zero-order valence-corrected chi connectivity index (χ0v) is 15.6. The van der Waals surface area contributed by atoms with E-state index < -0.39 is 6.10 Å². The summed E-state index contributed by atoms with van der Waals surface area (Å²) in [5.41, 5.74) is 1.10. The van der Waals surface area contributed by atoms with Crippen molar-refractivity contribution in [2.75, 3.05) is 11.9 Å². The van der Waals surface area contributed by atoms with Gasteiger partial charge in [0.2, 0.25) is 17.2 Å². The highest BCUT2D eigenvalue weighted by molar-refractivity contribution is 7.98. The van der Waals surface area contributed by atoms with Crippen molar-refractivity contribution in [3.05, 3.63) is 59.1 Å². The van der Waals surface area contributed by atoms with E-state index in [-0.39, 0.29) is 18.5 Å². The second kappa shape index (κ2) is 7.89. The number of H-pyrrole nitrogens is 1. The molecule has 1 atom stereocenters. The highest BCUT2D eigenvalue weighted by atomic mass is 35.5. The van der Waals surface area contributed by atoms with Crippen LogP contribution in [0, 0.1) is 0 Å². The van der Waals surface area contributed by atoms with Gasteiger partial charge in [-0.3, -0.25) is 10.1 Å². The van der Waals surface area contributed by atoms with Crippen LogP contribution in [0.25, 0.3) is 0 Å². The van der Waals surface area contributed by atoms with Gasteiger partial charge >= 0.3 is 0 Å². The summed E-state index contributed by atoms with van der Waals surface area (Å²) in [7, 11) is 0. The summed E-state index contributed by atoms with van der Waals surface area (Å²) >= 11 is 7.33. The Morgan fingerprint density at radius 1 is 1.22 bits per heavy atom. The fourth-order valence-corrected chi connectivity index (χ4v) is 3.32. The molecule has 1 aliphatic heterocycles. The highest BCUT2D eigenvalue weighted by Crippen LogP contribution is 2.31. The van der Waals surface area contributed by atoms with Gasteiger partial charge in [-0.15, -0.1) is 5.10 Å². The third-order valence-electron chi connectivity index (χ3n) is 3.79. The number of hydrogen-bond donors (Lipinski definition) is 2. The van der Waals surface area contributed by atoms with E-state index in [1.165, 1.54) is 11.8 Å². The van der Waals surface area contributed by atoms with Gasteiger partial charge in [0.05, 0.1) is 0 Å². The molecule has 0 aliphatic carbocycles. The van der Waals surface area contributed by atoms with Crippen molar-refractivity contribution in [1.82, 2.24) is 15.2 Å². The van der Waals surface area contributed by atoms with E-state index in [0.29, 0.717) is 27.4 Å². The average Bonchev–Trinajstić information content (AvgIpc) is 3.14. The van der Waals surface area contributed by atoms with E-state index in [9.17, 15) is 4.79 Å². The van der Waals surface area contributed by atoms with Crippen molar-refractivity contribution in [1.29, 1.82) is 0 Å². The molecule has 27 heavy (non-hydrogen) atoms. The number of halogens is 1. The quantitative estimate of drug-likeness (QED) is 0.634. The molecule has 138 valence electrons. The van der Waals surface area contributed by atoms with Crippen LogP contribution in [-0.2, 0) is 10.5 Å². The van der Waals surface area contributed by atoms with Crippen LogP contribution < -0.4 is 14.8 Å². The van der Waals surface area contributed by atoms with Gasteiger partial charge in [0.25, 0.3) is 5.91 Å². The molecule has 9 heteroatoms. The average molecular weight is 403 g/mol. The maximum Gasteiger partial charge on any atom is 0.271 e. The number of thioether (sulfide) groups is 1. The van der Waals surface area contributed by atoms with Crippen LogP contribution in [-0.4, -0.2) is 33.8 Å². The largest absolute Gasteiger partial charge is 0.485 e. The Kier molecular flexibility index (Phi) is 5.17. The Labute approximate surface area is 164 Å². The molecular weight excluding hydrogens is 388 g/mol. The zero-order chi connectivity index (χ0) is 18.6. The number of aromatic amines is 1. The first-order valence-electron chi connectivity index (χ1n) is 8.16. The lowest BCUT2D eigenvalue weighted by atomic mass is 10.2. The minimum atomic E-state index is -0.754. The molecular formula is C18H15ClN4O3S. The summed E-state index contributed by atoms with van der Waals surface area (Å²) in [6.07, 6.45) is -0.754. The molecule has 0 radical (unpaired) electrons. The normalized spacial score (nSPS) is 15.4. The summed E-state index contributed by atoms with van der Waals surface area (Å²) in [4.78, 5) is 16.6. The monoisotopic (exact) mass is 402 g/mol. The molecule has 0 saturated heterocycles. The SMILES string of the molecule is O=C(Nc1nc(SCc2ccc(Cl)cc2)n[nH]1)[C@@H]1COc2ccccc2O1. The number of nitrogens with one attached hydrogen (secondary N) is 2. The molecule has 0 saturated carbocycles. The van der Waals surface area contributed by atoms with Crippen LogP contribution >= 0.6 is 23.4 Å². The van der Waals surface area contributed by atoms with Crippen LogP contribution in [0.4, 0.5) is 5.95 Å². The van der Waals surface area contributed by atoms with Gasteiger partial charge in [0.15, 0.2) is 11.5 Å². The molecule has 3 aromatic rings. The molecule has 2 N–H and O–H groups in total. The third-order valence-corrected chi connectivity index (χ3v) is 4.96. The number of para-hydroxylation sites is 2. The van der Waals surface area contributed by atoms with E-state index in [2.05, 4.69) is 20.5 Å². The van der Waals surface area contributed by atoms with Crippen LogP contribution in [0.5, 0.6) is 11.5 Å². The second-order valence-electron chi connectivity index (χ2n) is 5.74. The van der Waals surface area contributed by atoms with Gasteiger partial charge < -0.3 is 9.47 Å². The number of benzene rings is 2. The molecule has 0 fully saturated rings. The fourth-order valence-electron chi connectivity index (χ4n) is 2.44. The molecule has 0 unspecified atom stereocenters. The lowest BCUT2D eigenvalue weighted by Crippen LogP contribution is -2.40. The number of carbonyl (C=O) groups excluding carboxylic acids is 1. The summed E-state index contributed by atoms with van der Waals surface area (Å²) in [5.74, 6) is 1.78. The molecule has 1 aromatic heterocycles. The summed E-state index contributed by atoms with van der Waals surface area (Å²) in [6, 6.07) is 14.8. The molecule has 7 nitrogen and oxygen atoms in total. The maximum atomic E-state index is 12.4. The van der Waals surface area contributed by atoms with Gasteiger partial charge in [-0.05, 0) is 29.8 Å². The number of aromatic nitrogens is 3. The summed E-state index contributed by atoms with van der Waals surface area (Å²) in [5, 5.41) is 10.7. The van der Waals surface area contributed by atoms with Gasteiger partial charge in [-0.1, -0.05) is 47.6 Å². The number of carbonyl (C=O) groups is 1. The first-order chi connectivity index (χ1) is 13.2. The van der Waals surface area contributed by atoms with Crippen LogP contribution in [0.1, 0.15) is 5.56 Å². The van der Waals surface area contributed by atoms with E-state index in [1.807, 2.05) is 36.4 Å². The first-order valence-corrected chi connectivity index (χ1v) is 9.53. The van der Waals surface area contributed by atoms with Crippen molar-refractivity contribution >= 4 is 35.2 Å². The lowest BCUT2D eigenvalue weighted by molar-refractivity contribution is -0.125. The summed E-state index contributed by atoms with van der Waals surface area (Å²) < 4.78 is 11.2. The number of amides is 1. The number of ether oxygens (including phenoxy) is 2. The minimum absolute atomic E-state index is 0.134. The minimum Gasteiger partial charge on any atom is -0.485 e. The molecule has 0 spiro atoms. The second-order valence-corrected chi connectivity index (χ2v) is 7.11. The van der Waals surface area contributed by atoms with Gasteiger partial charge in [-0.25, -0.2) is 5.10 Å².